The summed E-state index contributed by atoms with van der Waals surface area (Å²) in [5, 5.41) is 0. The molecule has 1 saturated heterocycles. The van der Waals surface area contributed by atoms with Crippen LogP contribution >= 0.6 is 0 Å². The predicted octanol–water partition coefficient (Wildman–Crippen LogP) is 4.02. The molecule has 5 rings (SSSR count). The van der Waals surface area contributed by atoms with E-state index in [-0.39, 0.29) is 46.2 Å². The van der Waals surface area contributed by atoms with Crippen molar-refractivity contribution in [1.29, 1.82) is 0 Å². The molecule has 0 aromatic rings. The average molecular weight is 391 g/mol. The van der Waals surface area contributed by atoms with Crippen LogP contribution in [-0.2, 0) is 23.8 Å². The molecule has 9 atom stereocenters. The molecule has 28 heavy (non-hydrogen) atoms. The van der Waals surface area contributed by atoms with Crippen LogP contribution in [0.25, 0.3) is 0 Å². The number of hydrogen-bond donors (Lipinski definition) is 0. The summed E-state index contributed by atoms with van der Waals surface area (Å²) < 4.78 is 18.1. The first-order valence-corrected chi connectivity index (χ1v) is 11.1. The van der Waals surface area contributed by atoms with Crippen LogP contribution in [0.4, 0.5) is 0 Å². The molecule has 0 bridgehead atoms. The third-order valence-electron chi connectivity index (χ3n) is 9.85. The summed E-state index contributed by atoms with van der Waals surface area (Å²) >= 11 is 0. The zero-order valence-corrected chi connectivity index (χ0v) is 17.9. The Morgan fingerprint density at radius 2 is 1.61 bits per heavy atom. The molecule has 5 nitrogen and oxygen atoms in total. The molecule has 0 N–H and O–H groups in total. The molecule has 0 radical (unpaired) electrons. The van der Waals surface area contributed by atoms with Crippen molar-refractivity contribution in [2.24, 2.45) is 28.6 Å². The second-order valence-electron chi connectivity index (χ2n) is 10.9. The lowest BCUT2D eigenvalue weighted by molar-refractivity contribution is -0.160. The third-order valence-corrected chi connectivity index (χ3v) is 9.85. The number of hydrogen-bond acceptors (Lipinski definition) is 5. The van der Waals surface area contributed by atoms with Crippen LogP contribution in [0.1, 0.15) is 79.6 Å². The number of carbonyl (C=O) groups is 2. The topological polar surface area (TPSA) is 65.1 Å². The minimum absolute atomic E-state index is 0.0173. The quantitative estimate of drug-likeness (QED) is 0.526. The molecule has 5 fully saturated rings. The molecule has 0 unspecified atom stereocenters. The van der Waals surface area contributed by atoms with E-state index in [1.165, 1.54) is 20.3 Å². The summed E-state index contributed by atoms with van der Waals surface area (Å²) in [4.78, 5) is 23.2. The fourth-order valence-corrected chi connectivity index (χ4v) is 8.71. The predicted molar refractivity (Wildman–Crippen MR) is 102 cm³/mol. The number of epoxide rings is 1. The second-order valence-corrected chi connectivity index (χ2v) is 10.9. The zero-order chi connectivity index (χ0) is 20.1. The third kappa shape index (κ3) is 2.07. The van der Waals surface area contributed by atoms with Gasteiger partial charge in [-0.05, 0) is 63.2 Å². The van der Waals surface area contributed by atoms with Crippen molar-refractivity contribution >= 4 is 11.9 Å². The summed E-state index contributed by atoms with van der Waals surface area (Å²) in [5.74, 6) is 1.35. The molecular weight excluding hydrogens is 356 g/mol. The first-order chi connectivity index (χ1) is 13.1. The fourth-order valence-electron chi connectivity index (χ4n) is 8.71. The Labute approximate surface area is 167 Å². The van der Waals surface area contributed by atoms with Crippen LogP contribution in [0, 0.1) is 28.6 Å². The standard InChI is InChI=1S/C23H34O5/c1-13(24)26-15-8-11-21(4)17-9-10-20(3)16(6-7-18(20)27-14(2)25)19(17)22(5)23(21,12-15)28-22/h15-19H,6-12H2,1-5H3/t15-,16-,17-,18+,19+,20-,21-,22-,23+/m1/s1. The first kappa shape index (κ1) is 18.9. The number of carbonyl (C=O) groups excluding carboxylic acids is 2. The van der Waals surface area contributed by atoms with Crippen LogP contribution in [0.5, 0.6) is 0 Å². The van der Waals surface area contributed by atoms with Gasteiger partial charge in [-0.2, -0.15) is 0 Å². The lowest BCUT2D eigenvalue weighted by Gasteiger charge is -2.52. The van der Waals surface area contributed by atoms with Gasteiger partial charge in [0, 0.05) is 31.1 Å². The van der Waals surface area contributed by atoms with Gasteiger partial charge in [0.25, 0.3) is 0 Å². The molecule has 5 heteroatoms. The summed E-state index contributed by atoms with van der Waals surface area (Å²) in [6.07, 6.45) is 7.28. The van der Waals surface area contributed by atoms with E-state index >= 15 is 0 Å². The van der Waals surface area contributed by atoms with Crippen LogP contribution < -0.4 is 0 Å². The normalized spacial score (nSPS) is 56.1. The van der Waals surface area contributed by atoms with Crippen molar-refractivity contribution in [2.75, 3.05) is 0 Å². The van der Waals surface area contributed by atoms with E-state index in [9.17, 15) is 9.59 Å². The first-order valence-electron chi connectivity index (χ1n) is 11.1. The van der Waals surface area contributed by atoms with Gasteiger partial charge in [-0.1, -0.05) is 13.8 Å². The van der Waals surface area contributed by atoms with E-state index < -0.39 is 0 Å². The Morgan fingerprint density at radius 3 is 2.29 bits per heavy atom. The summed E-state index contributed by atoms with van der Waals surface area (Å²) in [6.45, 7) is 10.1. The highest BCUT2D eigenvalue weighted by Crippen LogP contribution is 2.82. The highest BCUT2D eigenvalue weighted by molar-refractivity contribution is 5.66. The summed E-state index contributed by atoms with van der Waals surface area (Å²) in [7, 11) is 0. The van der Waals surface area contributed by atoms with E-state index in [1.54, 1.807) is 0 Å². The van der Waals surface area contributed by atoms with Gasteiger partial charge in [-0.15, -0.1) is 0 Å². The molecule has 4 saturated carbocycles. The number of ether oxygens (including phenoxy) is 3. The monoisotopic (exact) mass is 390 g/mol. The van der Waals surface area contributed by atoms with Crippen LogP contribution in [0.3, 0.4) is 0 Å². The number of esters is 2. The zero-order valence-electron chi connectivity index (χ0n) is 17.9. The van der Waals surface area contributed by atoms with Gasteiger partial charge in [-0.3, -0.25) is 9.59 Å². The van der Waals surface area contributed by atoms with Crippen molar-refractivity contribution in [2.45, 2.75) is 103 Å². The Morgan fingerprint density at radius 1 is 0.893 bits per heavy atom. The molecule has 5 aliphatic rings. The van der Waals surface area contributed by atoms with E-state index in [0.717, 1.165) is 38.5 Å². The van der Waals surface area contributed by atoms with Crippen molar-refractivity contribution < 1.29 is 23.8 Å². The highest BCUT2D eigenvalue weighted by atomic mass is 16.6. The lowest BCUT2D eigenvalue weighted by atomic mass is 9.54. The Bertz CT molecular complexity index is 735. The van der Waals surface area contributed by atoms with E-state index in [1.807, 2.05) is 0 Å². The van der Waals surface area contributed by atoms with Gasteiger partial charge in [0.05, 0.1) is 5.60 Å². The molecule has 4 aliphatic carbocycles. The van der Waals surface area contributed by atoms with Crippen LogP contribution in [-0.4, -0.2) is 35.3 Å². The Hall–Kier alpha value is -1.10. The van der Waals surface area contributed by atoms with Gasteiger partial charge < -0.3 is 14.2 Å². The van der Waals surface area contributed by atoms with E-state index in [0.29, 0.717) is 17.8 Å². The van der Waals surface area contributed by atoms with Crippen LogP contribution in [0.2, 0.25) is 0 Å². The lowest BCUT2D eigenvalue weighted by Crippen LogP contribution is -2.50. The minimum Gasteiger partial charge on any atom is -0.462 e. The molecule has 0 aromatic carbocycles. The van der Waals surface area contributed by atoms with Gasteiger partial charge in [0.1, 0.15) is 17.8 Å². The summed E-state index contributed by atoms with van der Waals surface area (Å²) in [6, 6.07) is 0. The smallest absolute Gasteiger partial charge is 0.302 e. The van der Waals surface area contributed by atoms with Crippen LogP contribution in [0.15, 0.2) is 0 Å². The maximum absolute atomic E-state index is 11.7. The molecule has 156 valence electrons. The molecule has 1 spiro atoms. The second kappa shape index (κ2) is 5.53. The Balaban J connectivity index is 1.47. The van der Waals surface area contributed by atoms with Crippen molar-refractivity contribution in [3.63, 3.8) is 0 Å². The molecule has 1 aliphatic heterocycles. The maximum Gasteiger partial charge on any atom is 0.302 e. The van der Waals surface area contributed by atoms with Crippen molar-refractivity contribution in [1.82, 2.24) is 0 Å². The Kier molecular flexibility index (Phi) is 3.73. The SMILES string of the molecule is CC(=O)O[C@@H]1CC[C@]2(C)[C@@H]3CC[C@@]4(C)[C@@H](OC(C)=O)CC[C@@H]4[C@@H]3[C@@]3(C)O[C@@]23C1. The fraction of sp³-hybridized carbons (Fsp3) is 0.913. The minimum atomic E-state index is -0.185. The molecule has 1 heterocycles. The van der Waals surface area contributed by atoms with Crippen molar-refractivity contribution in [3.05, 3.63) is 0 Å². The molecule has 0 amide bonds. The largest absolute Gasteiger partial charge is 0.462 e. The summed E-state index contributed by atoms with van der Waals surface area (Å²) in [5.41, 5.74) is -0.0762. The number of fused-ring (bicyclic) bond motifs is 5. The van der Waals surface area contributed by atoms with Gasteiger partial charge >= 0.3 is 11.9 Å². The van der Waals surface area contributed by atoms with Gasteiger partial charge in [-0.25, -0.2) is 0 Å². The van der Waals surface area contributed by atoms with E-state index in [4.69, 9.17) is 14.2 Å². The van der Waals surface area contributed by atoms with Crippen molar-refractivity contribution in [3.8, 4) is 0 Å². The molecule has 0 aromatic heterocycles. The van der Waals surface area contributed by atoms with Gasteiger partial charge in [0.2, 0.25) is 0 Å². The maximum atomic E-state index is 11.7. The molecular formula is C23H34O5. The highest BCUT2D eigenvalue weighted by Gasteiger charge is 2.88. The van der Waals surface area contributed by atoms with E-state index in [2.05, 4.69) is 20.8 Å². The average Bonchev–Trinajstić information content (AvgIpc) is 2.99. The number of rotatable bonds is 2. The van der Waals surface area contributed by atoms with Gasteiger partial charge in [0.15, 0.2) is 0 Å².